The van der Waals surface area contributed by atoms with Crippen molar-refractivity contribution in [3.63, 3.8) is 0 Å². The molecule has 0 radical (unpaired) electrons. The normalized spacial score (nSPS) is 10.4. The fourth-order valence-corrected chi connectivity index (χ4v) is 2.92. The predicted octanol–water partition coefficient (Wildman–Crippen LogP) is 3.98. The highest BCUT2D eigenvalue weighted by molar-refractivity contribution is 9.10. The molecule has 0 spiro atoms. The Morgan fingerprint density at radius 3 is 2.33 bits per heavy atom. The van der Waals surface area contributed by atoms with Crippen molar-refractivity contribution in [2.24, 2.45) is 0 Å². The van der Waals surface area contributed by atoms with Gasteiger partial charge in [-0.15, -0.1) is 0 Å². The summed E-state index contributed by atoms with van der Waals surface area (Å²) in [6.07, 6.45) is 0.295. The molecule has 5 heteroatoms. The second kappa shape index (κ2) is 8.20. The van der Waals surface area contributed by atoms with Crippen LogP contribution in [-0.2, 0) is 17.8 Å². The first kappa shape index (κ1) is 18.3. The number of rotatable bonds is 6. The summed E-state index contributed by atoms with van der Waals surface area (Å²) in [5.41, 5.74) is 3.21. The second-order valence-electron chi connectivity index (χ2n) is 5.65. The first-order valence-corrected chi connectivity index (χ1v) is 8.44. The lowest BCUT2D eigenvalue weighted by Crippen LogP contribution is -2.28. The summed E-state index contributed by atoms with van der Waals surface area (Å²) in [6.45, 7) is 2.65. The Bertz CT molecular complexity index is 731. The van der Waals surface area contributed by atoms with E-state index in [-0.39, 0.29) is 5.91 Å². The number of methoxy groups -OCH3 is 2. The molecule has 0 heterocycles. The molecule has 0 atom stereocenters. The van der Waals surface area contributed by atoms with E-state index in [4.69, 9.17) is 9.47 Å². The molecule has 0 aliphatic carbocycles. The minimum atomic E-state index is 0.0474. The van der Waals surface area contributed by atoms with Gasteiger partial charge in [-0.1, -0.05) is 40.2 Å². The fraction of sp³-hybridized carbons (Fsp3) is 0.316. The number of carbonyl (C=O) groups excluding carboxylic acids is 1. The van der Waals surface area contributed by atoms with E-state index in [2.05, 4.69) is 28.9 Å². The standard InChI is InChI=1S/C19H22BrNO3/c1-13-7-5-6-8-14(13)12-21(2)19(22)10-15-9-17(23-3)18(24-4)11-16(15)20/h5-9,11H,10,12H2,1-4H3. The highest BCUT2D eigenvalue weighted by Gasteiger charge is 2.16. The topological polar surface area (TPSA) is 38.8 Å². The van der Waals surface area contributed by atoms with Gasteiger partial charge in [0.05, 0.1) is 20.6 Å². The van der Waals surface area contributed by atoms with E-state index in [1.165, 1.54) is 5.56 Å². The van der Waals surface area contributed by atoms with E-state index in [0.29, 0.717) is 24.5 Å². The summed E-state index contributed by atoms with van der Waals surface area (Å²) in [5, 5.41) is 0. The molecule has 0 fully saturated rings. The number of halogens is 1. The van der Waals surface area contributed by atoms with Gasteiger partial charge in [0, 0.05) is 18.1 Å². The highest BCUT2D eigenvalue weighted by atomic mass is 79.9. The molecule has 0 aliphatic heterocycles. The van der Waals surface area contributed by atoms with Crippen LogP contribution in [0, 0.1) is 6.92 Å². The van der Waals surface area contributed by atoms with Gasteiger partial charge in [-0.05, 0) is 35.7 Å². The van der Waals surface area contributed by atoms with Crippen LogP contribution in [0.1, 0.15) is 16.7 Å². The van der Waals surface area contributed by atoms with E-state index in [9.17, 15) is 4.79 Å². The van der Waals surface area contributed by atoms with Gasteiger partial charge in [0.2, 0.25) is 5.91 Å². The summed E-state index contributed by atoms with van der Waals surface area (Å²) < 4.78 is 11.4. The number of hydrogen-bond acceptors (Lipinski definition) is 3. The van der Waals surface area contributed by atoms with Crippen molar-refractivity contribution in [2.75, 3.05) is 21.3 Å². The molecule has 24 heavy (non-hydrogen) atoms. The van der Waals surface area contributed by atoms with Gasteiger partial charge in [0.25, 0.3) is 0 Å². The zero-order valence-electron chi connectivity index (χ0n) is 14.4. The Balaban J connectivity index is 2.13. The van der Waals surface area contributed by atoms with Crippen molar-refractivity contribution in [1.82, 2.24) is 4.90 Å². The summed E-state index contributed by atoms with van der Waals surface area (Å²) in [7, 11) is 5.00. The van der Waals surface area contributed by atoms with Crippen LogP contribution in [0.4, 0.5) is 0 Å². The summed E-state index contributed by atoms with van der Waals surface area (Å²) in [4.78, 5) is 14.3. The minimum Gasteiger partial charge on any atom is -0.493 e. The van der Waals surface area contributed by atoms with Crippen LogP contribution in [0.3, 0.4) is 0 Å². The van der Waals surface area contributed by atoms with E-state index in [0.717, 1.165) is 15.6 Å². The maximum atomic E-state index is 12.6. The molecule has 128 valence electrons. The molecule has 0 saturated heterocycles. The smallest absolute Gasteiger partial charge is 0.227 e. The molecule has 1 amide bonds. The number of benzene rings is 2. The average molecular weight is 392 g/mol. The number of amides is 1. The fourth-order valence-electron chi connectivity index (χ4n) is 2.46. The third kappa shape index (κ3) is 4.29. The molecule has 0 aliphatic rings. The van der Waals surface area contributed by atoms with E-state index in [1.807, 2.05) is 37.4 Å². The summed E-state index contributed by atoms with van der Waals surface area (Å²) >= 11 is 3.50. The quantitative estimate of drug-likeness (QED) is 0.747. The maximum Gasteiger partial charge on any atom is 0.227 e. The molecule has 2 aromatic rings. The number of aryl methyl sites for hydroxylation is 1. The Labute approximate surface area is 151 Å². The van der Waals surface area contributed by atoms with E-state index < -0.39 is 0 Å². The Morgan fingerprint density at radius 2 is 1.71 bits per heavy atom. The third-order valence-corrected chi connectivity index (χ3v) is 4.73. The van der Waals surface area contributed by atoms with Gasteiger partial charge in [0.1, 0.15) is 0 Å². The predicted molar refractivity (Wildman–Crippen MR) is 98.6 cm³/mol. The Hall–Kier alpha value is -2.01. The van der Waals surface area contributed by atoms with Crippen molar-refractivity contribution >= 4 is 21.8 Å². The van der Waals surface area contributed by atoms with Gasteiger partial charge in [-0.25, -0.2) is 0 Å². The minimum absolute atomic E-state index is 0.0474. The lowest BCUT2D eigenvalue weighted by Gasteiger charge is -2.19. The molecule has 0 bridgehead atoms. The second-order valence-corrected chi connectivity index (χ2v) is 6.51. The van der Waals surface area contributed by atoms with Crippen LogP contribution in [0.2, 0.25) is 0 Å². The van der Waals surface area contributed by atoms with Crippen molar-refractivity contribution in [3.05, 3.63) is 57.6 Å². The van der Waals surface area contributed by atoms with Gasteiger partial charge in [0.15, 0.2) is 11.5 Å². The maximum absolute atomic E-state index is 12.6. The van der Waals surface area contributed by atoms with Gasteiger partial charge in [-0.2, -0.15) is 0 Å². The molecule has 0 N–H and O–H groups in total. The largest absolute Gasteiger partial charge is 0.493 e. The molecule has 4 nitrogen and oxygen atoms in total. The molecule has 2 aromatic carbocycles. The van der Waals surface area contributed by atoms with Crippen LogP contribution in [0.25, 0.3) is 0 Å². The van der Waals surface area contributed by atoms with Crippen LogP contribution < -0.4 is 9.47 Å². The summed E-state index contributed by atoms with van der Waals surface area (Å²) in [5.74, 6) is 1.30. The van der Waals surface area contributed by atoms with Crippen molar-refractivity contribution in [3.8, 4) is 11.5 Å². The molecular weight excluding hydrogens is 370 g/mol. The first-order valence-electron chi connectivity index (χ1n) is 7.65. The first-order chi connectivity index (χ1) is 11.5. The number of carbonyl (C=O) groups is 1. The van der Waals surface area contributed by atoms with Crippen molar-refractivity contribution in [2.45, 2.75) is 19.9 Å². The number of likely N-dealkylation sites (N-methyl/N-ethyl adjacent to an activating group) is 1. The monoisotopic (exact) mass is 391 g/mol. The van der Waals surface area contributed by atoms with Crippen LogP contribution in [0.5, 0.6) is 11.5 Å². The number of ether oxygens (including phenoxy) is 2. The van der Waals surface area contributed by atoms with Crippen LogP contribution in [0.15, 0.2) is 40.9 Å². The Morgan fingerprint density at radius 1 is 1.08 bits per heavy atom. The zero-order chi connectivity index (χ0) is 17.7. The molecular formula is C19H22BrNO3. The lowest BCUT2D eigenvalue weighted by molar-refractivity contribution is -0.129. The number of nitrogens with zero attached hydrogens (tertiary/aromatic N) is 1. The lowest BCUT2D eigenvalue weighted by atomic mass is 10.1. The van der Waals surface area contributed by atoms with Crippen molar-refractivity contribution in [1.29, 1.82) is 0 Å². The Kier molecular flexibility index (Phi) is 6.26. The van der Waals surface area contributed by atoms with Crippen LogP contribution >= 0.6 is 15.9 Å². The number of hydrogen-bond donors (Lipinski definition) is 0. The van der Waals surface area contributed by atoms with Crippen LogP contribution in [-0.4, -0.2) is 32.1 Å². The average Bonchev–Trinajstić information content (AvgIpc) is 2.58. The molecule has 0 saturated carbocycles. The van der Waals surface area contributed by atoms with Gasteiger partial charge < -0.3 is 14.4 Å². The van der Waals surface area contributed by atoms with E-state index in [1.54, 1.807) is 19.1 Å². The third-order valence-electron chi connectivity index (χ3n) is 3.99. The van der Waals surface area contributed by atoms with Gasteiger partial charge in [-0.3, -0.25) is 4.79 Å². The van der Waals surface area contributed by atoms with Crippen molar-refractivity contribution < 1.29 is 14.3 Å². The highest BCUT2D eigenvalue weighted by Crippen LogP contribution is 2.33. The zero-order valence-corrected chi connectivity index (χ0v) is 16.0. The van der Waals surface area contributed by atoms with Gasteiger partial charge >= 0.3 is 0 Å². The molecule has 2 rings (SSSR count). The molecule has 0 aromatic heterocycles. The van der Waals surface area contributed by atoms with E-state index >= 15 is 0 Å². The SMILES string of the molecule is COc1cc(Br)c(CC(=O)N(C)Cc2ccccc2C)cc1OC. The molecule has 0 unspecified atom stereocenters. The summed E-state index contributed by atoms with van der Waals surface area (Å²) in [6, 6.07) is 11.8.